The van der Waals surface area contributed by atoms with E-state index in [1.807, 2.05) is 42.5 Å². The Morgan fingerprint density at radius 1 is 0.963 bits per heavy atom. The normalized spacial score (nSPS) is 11.9. The summed E-state index contributed by atoms with van der Waals surface area (Å²) in [5.74, 6) is 0.841. The highest BCUT2D eigenvalue weighted by Crippen LogP contribution is 2.28. The van der Waals surface area contributed by atoms with Crippen molar-refractivity contribution in [3.8, 4) is 5.75 Å². The highest BCUT2D eigenvalue weighted by Gasteiger charge is 2.08. The minimum absolute atomic E-state index is 0. The number of ether oxygens (including phenoxy) is 1. The number of aromatic nitrogens is 1. The first kappa shape index (κ1) is 19.1. The van der Waals surface area contributed by atoms with Crippen LogP contribution in [0.2, 0.25) is 0 Å². The first-order valence-corrected chi connectivity index (χ1v) is 8.83. The zero-order valence-corrected chi connectivity index (χ0v) is 15.9. The summed E-state index contributed by atoms with van der Waals surface area (Å²) in [7, 11) is 0. The van der Waals surface area contributed by atoms with Crippen molar-refractivity contribution in [3.63, 3.8) is 0 Å². The molecule has 0 saturated heterocycles. The molecule has 0 bridgehead atoms. The number of hydrogen-bond acceptors (Lipinski definition) is 3. The molecule has 0 fully saturated rings. The maximum Gasteiger partial charge on any atom is 0.121 e. The summed E-state index contributed by atoms with van der Waals surface area (Å²) in [4.78, 5) is 3.44. The molecule has 0 spiro atoms. The molecule has 5 heteroatoms. The van der Waals surface area contributed by atoms with Crippen molar-refractivity contribution < 1.29 is 9.84 Å². The van der Waals surface area contributed by atoms with Gasteiger partial charge in [-0.2, -0.15) is 0 Å². The number of hydrogen-bond donors (Lipinski definition) is 3. The second-order valence-electron chi connectivity index (χ2n) is 6.55. The monoisotopic (exact) mass is 382 g/mol. The van der Waals surface area contributed by atoms with E-state index in [2.05, 4.69) is 41.5 Å². The molecule has 3 aromatic carbocycles. The van der Waals surface area contributed by atoms with E-state index in [9.17, 15) is 5.11 Å². The minimum atomic E-state index is 0. The van der Waals surface area contributed by atoms with Crippen molar-refractivity contribution in [1.29, 1.82) is 0 Å². The largest absolute Gasteiger partial charge is 0.491 e. The predicted octanol–water partition coefficient (Wildman–Crippen LogP) is 5.11. The third-order valence-electron chi connectivity index (χ3n) is 4.57. The number of fused-ring (bicyclic) bond motifs is 3. The van der Waals surface area contributed by atoms with Crippen LogP contribution in [-0.4, -0.2) is 22.7 Å². The lowest BCUT2D eigenvalue weighted by atomic mass is 10.1. The number of nitrogens with one attached hydrogen (secondary N) is 2. The van der Waals surface area contributed by atoms with E-state index in [1.54, 1.807) is 0 Å². The molecule has 0 aliphatic rings. The van der Waals surface area contributed by atoms with Gasteiger partial charge in [-0.25, -0.2) is 0 Å². The third-order valence-corrected chi connectivity index (χ3v) is 4.57. The molecule has 4 rings (SSSR count). The average Bonchev–Trinajstić information content (AvgIpc) is 3.04. The molecular weight excluding hydrogens is 360 g/mol. The van der Waals surface area contributed by atoms with E-state index in [1.165, 1.54) is 10.8 Å². The van der Waals surface area contributed by atoms with Crippen LogP contribution >= 0.6 is 12.4 Å². The van der Waals surface area contributed by atoms with Gasteiger partial charge in [-0.1, -0.05) is 36.4 Å². The van der Waals surface area contributed by atoms with Gasteiger partial charge in [0, 0.05) is 33.6 Å². The molecule has 1 atom stereocenters. The highest BCUT2D eigenvalue weighted by molar-refractivity contribution is 6.07. The first-order valence-electron chi connectivity index (χ1n) is 8.83. The van der Waals surface area contributed by atoms with E-state index >= 15 is 0 Å². The van der Waals surface area contributed by atoms with Crippen molar-refractivity contribution in [1.82, 2.24) is 4.98 Å². The Kier molecular flexibility index (Phi) is 5.89. The fraction of sp³-hybridized carbons (Fsp3) is 0.182. The smallest absolute Gasteiger partial charge is 0.121 e. The number of H-pyrrole nitrogens is 1. The lowest BCUT2D eigenvalue weighted by Gasteiger charge is -2.18. The van der Waals surface area contributed by atoms with Gasteiger partial charge in [-0.15, -0.1) is 12.4 Å². The Morgan fingerprint density at radius 3 is 2.56 bits per heavy atom. The Hall–Kier alpha value is -2.69. The van der Waals surface area contributed by atoms with Crippen molar-refractivity contribution in [2.24, 2.45) is 0 Å². The Morgan fingerprint density at radius 2 is 1.70 bits per heavy atom. The van der Waals surface area contributed by atoms with Gasteiger partial charge < -0.3 is 20.1 Å². The summed E-state index contributed by atoms with van der Waals surface area (Å²) >= 11 is 0. The zero-order chi connectivity index (χ0) is 17.9. The van der Waals surface area contributed by atoms with E-state index in [4.69, 9.17) is 4.74 Å². The number of aliphatic hydroxyl groups is 1. The fourth-order valence-corrected chi connectivity index (χ4v) is 3.25. The van der Waals surface area contributed by atoms with E-state index in [0.29, 0.717) is 6.61 Å². The second kappa shape index (κ2) is 8.33. The van der Waals surface area contributed by atoms with Crippen LogP contribution in [0, 0.1) is 0 Å². The second-order valence-corrected chi connectivity index (χ2v) is 6.55. The van der Waals surface area contributed by atoms with Gasteiger partial charge in [0.25, 0.3) is 0 Å². The molecule has 1 aromatic heterocycles. The molecule has 0 radical (unpaired) electrons. The van der Waals surface area contributed by atoms with Crippen LogP contribution in [0.5, 0.6) is 5.75 Å². The molecule has 0 saturated carbocycles. The third kappa shape index (κ3) is 4.02. The number of para-hydroxylation sites is 2. The van der Waals surface area contributed by atoms with Crippen molar-refractivity contribution in [3.05, 3.63) is 72.3 Å². The Bertz CT molecular complexity index is 1040. The van der Waals surface area contributed by atoms with Crippen molar-refractivity contribution in [2.75, 3.05) is 11.9 Å². The molecule has 1 heterocycles. The zero-order valence-electron chi connectivity index (χ0n) is 15.1. The summed E-state index contributed by atoms with van der Waals surface area (Å²) in [5.41, 5.74) is 4.04. The standard InChI is InChI=1S/C22H22N2O2.ClH/c1-15(23-20-8-4-2-6-16(20)13-25)14-26-17-10-11-19-18-7-3-5-9-21(18)24-22(19)12-17;/h2-12,15,23-25H,13-14H2,1H3;1H. The van der Waals surface area contributed by atoms with Crippen molar-refractivity contribution >= 4 is 39.9 Å². The van der Waals surface area contributed by atoms with E-state index in [-0.39, 0.29) is 25.1 Å². The Labute approximate surface area is 164 Å². The summed E-state index contributed by atoms with van der Waals surface area (Å²) in [5, 5.41) is 15.3. The SMILES string of the molecule is CC(COc1ccc2c(c1)[nH]c1ccccc12)Nc1ccccc1CO.Cl. The molecule has 4 nitrogen and oxygen atoms in total. The molecule has 0 amide bonds. The summed E-state index contributed by atoms with van der Waals surface area (Å²) in [6.45, 7) is 2.62. The molecule has 4 aromatic rings. The van der Waals surface area contributed by atoms with Gasteiger partial charge in [0.15, 0.2) is 0 Å². The first-order chi connectivity index (χ1) is 12.7. The lowest BCUT2D eigenvalue weighted by Crippen LogP contribution is -2.24. The van der Waals surface area contributed by atoms with Gasteiger partial charge in [0.2, 0.25) is 0 Å². The van der Waals surface area contributed by atoms with Crippen LogP contribution < -0.4 is 10.1 Å². The van der Waals surface area contributed by atoms with Crippen LogP contribution in [0.15, 0.2) is 66.7 Å². The van der Waals surface area contributed by atoms with E-state index in [0.717, 1.165) is 28.0 Å². The fourth-order valence-electron chi connectivity index (χ4n) is 3.25. The van der Waals surface area contributed by atoms with Gasteiger partial charge in [0.1, 0.15) is 12.4 Å². The number of anilines is 1. The quantitative estimate of drug-likeness (QED) is 0.434. The highest BCUT2D eigenvalue weighted by atomic mass is 35.5. The summed E-state index contributed by atoms with van der Waals surface area (Å²) < 4.78 is 5.97. The van der Waals surface area contributed by atoms with E-state index < -0.39 is 0 Å². The maximum absolute atomic E-state index is 9.43. The predicted molar refractivity (Wildman–Crippen MR) is 114 cm³/mol. The van der Waals surface area contributed by atoms with Crippen LogP contribution in [0.4, 0.5) is 5.69 Å². The topological polar surface area (TPSA) is 57.3 Å². The minimum Gasteiger partial charge on any atom is -0.491 e. The number of aliphatic hydroxyl groups excluding tert-OH is 1. The molecule has 3 N–H and O–H groups in total. The number of aromatic amines is 1. The van der Waals surface area contributed by atoms with Crippen LogP contribution in [0.1, 0.15) is 12.5 Å². The molecule has 1 unspecified atom stereocenters. The van der Waals surface area contributed by atoms with Crippen LogP contribution in [0.25, 0.3) is 21.8 Å². The number of halogens is 1. The molecular formula is C22H23ClN2O2. The van der Waals surface area contributed by atoms with Crippen molar-refractivity contribution in [2.45, 2.75) is 19.6 Å². The summed E-state index contributed by atoms with van der Waals surface area (Å²) in [6, 6.07) is 22.3. The van der Waals surface area contributed by atoms with Crippen LogP contribution in [-0.2, 0) is 6.61 Å². The molecule has 0 aliphatic heterocycles. The van der Waals surface area contributed by atoms with Crippen LogP contribution in [0.3, 0.4) is 0 Å². The Balaban J connectivity index is 0.00000210. The molecule has 0 aliphatic carbocycles. The maximum atomic E-state index is 9.43. The average molecular weight is 383 g/mol. The molecule has 140 valence electrons. The van der Waals surface area contributed by atoms with Gasteiger partial charge in [-0.05, 0) is 31.2 Å². The lowest BCUT2D eigenvalue weighted by molar-refractivity contribution is 0.281. The van der Waals surface area contributed by atoms with Gasteiger partial charge >= 0.3 is 0 Å². The summed E-state index contributed by atoms with van der Waals surface area (Å²) in [6.07, 6.45) is 0. The molecule has 27 heavy (non-hydrogen) atoms. The number of rotatable bonds is 6. The van der Waals surface area contributed by atoms with Gasteiger partial charge in [0.05, 0.1) is 18.2 Å². The number of benzene rings is 3. The van der Waals surface area contributed by atoms with Gasteiger partial charge in [-0.3, -0.25) is 0 Å².